The Morgan fingerprint density at radius 1 is 0.902 bits per heavy atom. The summed E-state index contributed by atoms with van der Waals surface area (Å²) in [4.78, 5) is 27.7. The highest BCUT2D eigenvalue weighted by atomic mass is 19.4. The van der Waals surface area contributed by atoms with Gasteiger partial charge in [-0.3, -0.25) is 13.9 Å². The lowest BCUT2D eigenvalue weighted by Gasteiger charge is -2.33. The number of aryl methyl sites for hydroxylation is 1. The minimum atomic E-state index is -4.66. The van der Waals surface area contributed by atoms with Crippen LogP contribution in [0.3, 0.4) is 0 Å². The highest BCUT2D eigenvalue weighted by Crippen LogP contribution is 2.43. The summed E-state index contributed by atoms with van der Waals surface area (Å²) >= 11 is 0. The summed E-state index contributed by atoms with van der Waals surface area (Å²) in [7, 11) is 1.90. The third-order valence-electron chi connectivity index (χ3n) is 11.3. The molecule has 1 saturated heterocycles. The van der Waals surface area contributed by atoms with Crippen molar-refractivity contribution in [2.75, 3.05) is 39.5 Å². The molecule has 1 amide bonds. The second-order valence-corrected chi connectivity index (χ2v) is 17.1. The Kier molecular flexibility index (Phi) is 14.0. The van der Waals surface area contributed by atoms with E-state index in [1.165, 1.54) is 16.8 Å². The number of carbonyl (C=O) groups excluding carboxylic acids is 1. The van der Waals surface area contributed by atoms with Gasteiger partial charge in [0.2, 0.25) is 0 Å². The summed E-state index contributed by atoms with van der Waals surface area (Å²) in [5.41, 5.74) is 1.77. The summed E-state index contributed by atoms with van der Waals surface area (Å²) in [5.74, 6) is 1.16. The number of benzene rings is 2. The highest BCUT2D eigenvalue weighted by Gasteiger charge is 2.36. The average molecular weight is 848 g/mol. The van der Waals surface area contributed by atoms with Gasteiger partial charge in [-0.25, -0.2) is 9.59 Å². The van der Waals surface area contributed by atoms with Crippen LogP contribution in [0.5, 0.6) is 0 Å². The van der Waals surface area contributed by atoms with Crippen molar-refractivity contribution >= 4 is 11.6 Å². The molecular weight excluding hydrogens is 792 g/mol. The third-order valence-corrected chi connectivity index (χ3v) is 11.3. The van der Waals surface area contributed by atoms with Gasteiger partial charge in [-0.05, 0) is 92.8 Å². The van der Waals surface area contributed by atoms with Gasteiger partial charge in [-0.1, -0.05) is 42.8 Å². The van der Waals surface area contributed by atoms with Crippen LogP contribution in [0.4, 0.5) is 18.0 Å². The first kappa shape index (κ1) is 44.0. The van der Waals surface area contributed by atoms with Crippen molar-refractivity contribution in [3.05, 3.63) is 117 Å². The van der Waals surface area contributed by atoms with Gasteiger partial charge in [0.15, 0.2) is 0 Å². The Bertz CT molecular complexity index is 2290. The van der Waals surface area contributed by atoms with E-state index in [-0.39, 0.29) is 24.1 Å². The fourth-order valence-electron chi connectivity index (χ4n) is 8.01. The monoisotopic (exact) mass is 847 g/mol. The Morgan fingerprint density at radius 2 is 1.61 bits per heavy atom. The molecule has 1 unspecified atom stereocenters. The molecule has 5 aromatic rings. The molecule has 1 atom stereocenters. The standard InChI is InChI=1S/C45H56F3N7O6/c1-44(2,3)61-42(56)49-17-20-58-28-31-11-13-32(14-12-31)29-59-21-22-60-37-15-18-53(19-16-37)25-33-23-38(45(46,47)48)39-27-54(43(57)55(39)26-33)36-10-6-9-35(24-36)40(34-7-5-8-34)41-51-50-30-52(41)4/h6,9-14,23-24,26-27,30,34,37,40H,5,7-8,15-22,25,28-29H2,1-4H3,(H,49,56). The van der Waals surface area contributed by atoms with E-state index in [2.05, 4.69) is 20.4 Å². The molecule has 2 aliphatic rings. The van der Waals surface area contributed by atoms with Gasteiger partial charge in [-0.2, -0.15) is 13.2 Å². The fraction of sp³-hybridized carbons (Fsp3) is 0.511. The van der Waals surface area contributed by atoms with Gasteiger partial charge in [0.1, 0.15) is 17.8 Å². The summed E-state index contributed by atoms with van der Waals surface area (Å²) < 4.78 is 70.8. The molecule has 1 aliphatic carbocycles. The van der Waals surface area contributed by atoms with E-state index in [0.29, 0.717) is 69.8 Å². The maximum Gasteiger partial charge on any atom is 0.418 e. The number of piperidine rings is 1. The van der Waals surface area contributed by atoms with Crippen LogP contribution in [-0.4, -0.2) is 85.9 Å². The molecule has 1 aliphatic heterocycles. The predicted molar refractivity (Wildman–Crippen MR) is 222 cm³/mol. The maximum absolute atomic E-state index is 14.6. The van der Waals surface area contributed by atoms with E-state index < -0.39 is 29.1 Å². The van der Waals surface area contributed by atoms with Crippen molar-refractivity contribution < 1.29 is 36.9 Å². The number of rotatable bonds is 17. The molecule has 0 spiro atoms. The number of likely N-dealkylation sites (tertiary alicyclic amines) is 1. The van der Waals surface area contributed by atoms with Gasteiger partial charge in [-0.15, -0.1) is 10.2 Å². The number of halogens is 3. The van der Waals surface area contributed by atoms with Crippen molar-refractivity contribution in [2.24, 2.45) is 13.0 Å². The van der Waals surface area contributed by atoms with Gasteiger partial charge in [0, 0.05) is 51.5 Å². The van der Waals surface area contributed by atoms with Crippen LogP contribution in [0, 0.1) is 5.92 Å². The first-order valence-electron chi connectivity index (χ1n) is 21.0. The van der Waals surface area contributed by atoms with E-state index in [9.17, 15) is 22.8 Å². The first-order chi connectivity index (χ1) is 29.2. The first-order valence-corrected chi connectivity index (χ1v) is 21.0. The topological polar surface area (TPSA) is 126 Å². The number of carbonyl (C=O) groups is 1. The molecule has 13 nitrogen and oxygen atoms in total. The number of hydrogen-bond donors (Lipinski definition) is 1. The number of fused-ring (bicyclic) bond motifs is 1. The third kappa shape index (κ3) is 11.5. The van der Waals surface area contributed by atoms with Gasteiger partial charge in [0.25, 0.3) is 0 Å². The lowest BCUT2D eigenvalue weighted by atomic mass is 9.72. The van der Waals surface area contributed by atoms with E-state index in [1.807, 2.05) is 74.9 Å². The van der Waals surface area contributed by atoms with Crippen LogP contribution in [0.25, 0.3) is 11.2 Å². The van der Waals surface area contributed by atoms with Crippen LogP contribution >= 0.6 is 0 Å². The predicted octanol–water partition coefficient (Wildman–Crippen LogP) is 7.41. The summed E-state index contributed by atoms with van der Waals surface area (Å²) in [5, 5.41) is 11.1. The minimum Gasteiger partial charge on any atom is -0.444 e. The number of nitrogens with zero attached hydrogens (tertiary/aromatic N) is 6. The molecule has 3 aromatic heterocycles. The number of amides is 1. The lowest BCUT2D eigenvalue weighted by molar-refractivity contribution is -0.136. The van der Waals surface area contributed by atoms with E-state index in [1.54, 1.807) is 18.6 Å². The minimum absolute atomic E-state index is 0.0247. The molecule has 16 heteroatoms. The zero-order valence-corrected chi connectivity index (χ0v) is 35.3. The highest BCUT2D eigenvalue weighted by molar-refractivity contribution is 5.67. The molecule has 0 bridgehead atoms. The van der Waals surface area contributed by atoms with Crippen molar-refractivity contribution in [2.45, 2.75) is 96.4 Å². The van der Waals surface area contributed by atoms with E-state index in [4.69, 9.17) is 18.9 Å². The Morgan fingerprint density at radius 3 is 2.23 bits per heavy atom. The SMILES string of the molecule is Cn1cnnc1C(c1cccc(-n2cc3c(C(F)(F)F)cc(CN4CCC(OCCOCc5ccc(COCCNC(=O)OC(C)(C)C)cc5)CC4)cn3c2=O)c1)C1CCC1. The van der Waals surface area contributed by atoms with Gasteiger partial charge in [0.05, 0.1) is 55.9 Å². The second kappa shape index (κ2) is 19.3. The Balaban J connectivity index is 0.879. The maximum atomic E-state index is 14.6. The number of pyridine rings is 1. The van der Waals surface area contributed by atoms with Gasteiger partial charge >= 0.3 is 18.0 Å². The molecule has 328 valence electrons. The van der Waals surface area contributed by atoms with Crippen LogP contribution < -0.4 is 11.0 Å². The quantitative estimate of drug-likeness (QED) is 0.0953. The van der Waals surface area contributed by atoms with Crippen molar-refractivity contribution in [1.29, 1.82) is 0 Å². The normalized spacial score (nSPS) is 16.2. The molecule has 7 rings (SSSR count). The van der Waals surface area contributed by atoms with Crippen LogP contribution in [-0.2, 0) is 51.9 Å². The molecule has 1 saturated carbocycles. The number of imidazole rings is 1. The number of alkyl carbamates (subject to hydrolysis) is 1. The molecule has 0 radical (unpaired) electrons. The Labute approximate surface area is 353 Å². The molecule has 2 aromatic carbocycles. The zero-order chi connectivity index (χ0) is 43.1. The molecular formula is C45H56F3N7O6. The number of alkyl halides is 3. The number of nitrogens with one attached hydrogen (secondary N) is 1. The molecule has 2 fully saturated rings. The number of aromatic nitrogens is 5. The fourth-order valence-corrected chi connectivity index (χ4v) is 8.01. The number of ether oxygens (including phenoxy) is 4. The summed E-state index contributed by atoms with van der Waals surface area (Å²) in [6.45, 7) is 9.46. The molecule has 4 heterocycles. The second-order valence-electron chi connectivity index (χ2n) is 17.1. The summed E-state index contributed by atoms with van der Waals surface area (Å²) in [6.07, 6.45) is 4.10. The zero-order valence-electron chi connectivity index (χ0n) is 35.3. The van der Waals surface area contributed by atoms with Gasteiger partial charge < -0.3 is 28.8 Å². The van der Waals surface area contributed by atoms with E-state index in [0.717, 1.165) is 59.0 Å². The Hall–Kier alpha value is -5.03. The largest absolute Gasteiger partial charge is 0.444 e. The van der Waals surface area contributed by atoms with Crippen LogP contribution in [0.2, 0.25) is 0 Å². The average Bonchev–Trinajstić information content (AvgIpc) is 3.77. The van der Waals surface area contributed by atoms with Crippen LogP contribution in [0.1, 0.15) is 92.4 Å². The smallest absolute Gasteiger partial charge is 0.418 e. The lowest BCUT2D eigenvalue weighted by Crippen LogP contribution is -2.37. The van der Waals surface area contributed by atoms with Crippen LogP contribution in [0.15, 0.2) is 78.1 Å². The van der Waals surface area contributed by atoms with Crippen molar-refractivity contribution in [1.82, 2.24) is 33.9 Å². The van der Waals surface area contributed by atoms with E-state index >= 15 is 0 Å². The van der Waals surface area contributed by atoms with Crippen molar-refractivity contribution in [3.8, 4) is 5.69 Å². The summed E-state index contributed by atoms with van der Waals surface area (Å²) in [6, 6.07) is 16.6. The van der Waals surface area contributed by atoms with Crippen molar-refractivity contribution in [3.63, 3.8) is 0 Å². The molecule has 61 heavy (non-hydrogen) atoms. The molecule has 1 N–H and O–H groups in total. The number of hydrogen-bond acceptors (Lipinski definition) is 9.